The summed E-state index contributed by atoms with van der Waals surface area (Å²) in [6.45, 7) is 3.29. The van der Waals surface area contributed by atoms with Crippen LogP contribution in [0.4, 0.5) is 0 Å². The molecule has 1 saturated heterocycles. The standard InChI is InChI=1S/C25H22N4O3/c1-17-26-24(27-32-17)21-8-4-5-18(13-21)15-28-11-12-29(16-23(28)30)25(31)22-10-9-19-6-2-3-7-20(19)14-22/h2-10,13-14H,11-12,15-16H2,1H3. The van der Waals surface area contributed by atoms with Crippen molar-refractivity contribution in [2.24, 2.45) is 0 Å². The van der Waals surface area contributed by atoms with E-state index in [1.807, 2.05) is 66.7 Å². The monoisotopic (exact) mass is 426 g/mol. The SMILES string of the molecule is Cc1nc(-c2cccc(CN3CCN(C(=O)c4ccc5ccccc5c4)CC3=O)c2)no1. The number of hydrogen-bond acceptors (Lipinski definition) is 5. The number of hydrogen-bond donors (Lipinski definition) is 0. The smallest absolute Gasteiger partial charge is 0.254 e. The van der Waals surface area contributed by atoms with E-state index in [-0.39, 0.29) is 18.4 Å². The van der Waals surface area contributed by atoms with Crippen LogP contribution in [0.5, 0.6) is 0 Å². The quantitative estimate of drug-likeness (QED) is 0.497. The lowest BCUT2D eigenvalue weighted by Crippen LogP contribution is -2.51. The van der Waals surface area contributed by atoms with Crippen molar-refractivity contribution in [2.45, 2.75) is 13.5 Å². The van der Waals surface area contributed by atoms with Gasteiger partial charge in [0.15, 0.2) is 0 Å². The Balaban J connectivity index is 1.26. The summed E-state index contributed by atoms with van der Waals surface area (Å²) in [5.74, 6) is 0.860. The van der Waals surface area contributed by atoms with Gasteiger partial charge in [0.2, 0.25) is 17.6 Å². The van der Waals surface area contributed by atoms with Gasteiger partial charge >= 0.3 is 0 Å². The fourth-order valence-corrected chi connectivity index (χ4v) is 4.00. The maximum Gasteiger partial charge on any atom is 0.254 e. The van der Waals surface area contributed by atoms with Crippen LogP contribution in [0.25, 0.3) is 22.2 Å². The lowest BCUT2D eigenvalue weighted by molar-refractivity contribution is -0.135. The minimum Gasteiger partial charge on any atom is -0.339 e. The van der Waals surface area contributed by atoms with Crippen LogP contribution in [0.15, 0.2) is 71.3 Å². The number of benzene rings is 3. The fraction of sp³-hybridized carbons (Fsp3) is 0.200. The zero-order valence-corrected chi connectivity index (χ0v) is 17.7. The van der Waals surface area contributed by atoms with Crippen molar-refractivity contribution >= 4 is 22.6 Å². The van der Waals surface area contributed by atoms with Gasteiger partial charge < -0.3 is 14.3 Å². The van der Waals surface area contributed by atoms with Crippen LogP contribution < -0.4 is 0 Å². The predicted octanol–water partition coefficient (Wildman–Crippen LogP) is 3.68. The van der Waals surface area contributed by atoms with Crippen LogP contribution in [0.3, 0.4) is 0 Å². The van der Waals surface area contributed by atoms with Gasteiger partial charge in [0.05, 0.1) is 0 Å². The summed E-state index contributed by atoms with van der Waals surface area (Å²) >= 11 is 0. The normalized spacial score (nSPS) is 14.2. The van der Waals surface area contributed by atoms with Gasteiger partial charge in [0, 0.05) is 37.7 Å². The molecule has 7 nitrogen and oxygen atoms in total. The minimum atomic E-state index is -0.113. The lowest BCUT2D eigenvalue weighted by Gasteiger charge is -2.34. The molecule has 3 aromatic carbocycles. The minimum absolute atomic E-state index is 0.0637. The van der Waals surface area contributed by atoms with Crippen LogP contribution in [0, 0.1) is 6.92 Å². The van der Waals surface area contributed by atoms with E-state index >= 15 is 0 Å². The third-order valence-corrected chi connectivity index (χ3v) is 5.69. The van der Waals surface area contributed by atoms with E-state index in [2.05, 4.69) is 10.1 Å². The third-order valence-electron chi connectivity index (χ3n) is 5.69. The van der Waals surface area contributed by atoms with Crippen molar-refractivity contribution in [3.05, 3.63) is 83.7 Å². The molecule has 2 amide bonds. The van der Waals surface area contributed by atoms with Gasteiger partial charge in [-0.1, -0.05) is 53.7 Å². The Bertz CT molecular complexity index is 1310. The van der Waals surface area contributed by atoms with Crippen molar-refractivity contribution in [3.8, 4) is 11.4 Å². The summed E-state index contributed by atoms with van der Waals surface area (Å²) in [6, 6.07) is 21.3. The number of aryl methyl sites for hydroxylation is 1. The first-order chi connectivity index (χ1) is 15.6. The molecule has 0 N–H and O–H groups in total. The molecule has 32 heavy (non-hydrogen) atoms. The summed E-state index contributed by atoms with van der Waals surface area (Å²) in [4.78, 5) is 33.5. The number of fused-ring (bicyclic) bond motifs is 1. The Morgan fingerprint density at radius 3 is 2.62 bits per heavy atom. The van der Waals surface area contributed by atoms with Gasteiger partial charge in [0.25, 0.3) is 5.91 Å². The summed E-state index contributed by atoms with van der Waals surface area (Å²) in [5, 5.41) is 6.06. The number of aromatic nitrogens is 2. The molecule has 4 aromatic rings. The van der Waals surface area contributed by atoms with Crippen LogP contribution in [-0.2, 0) is 11.3 Å². The molecule has 1 aliphatic heterocycles. The number of piperazine rings is 1. The maximum absolute atomic E-state index is 13.0. The molecule has 7 heteroatoms. The van der Waals surface area contributed by atoms with E-state index in [1.165, 1.54) is 0 Å². The number of carbonyl (C=O) groups is 2. The van der Waals surface area contributed by atoms with Crippen LogP contribution in [0.2, 0.25) is 0 Å². The molecular weight excluding hydrogens is 404 g/mol. The second-order valence-electron chi connectivity index (χ2n) is 7.94. The first kappa shape index (κ1) is 19.9. The zero-order valence-electron chi connectivity index (χ0n) is 17.7. The van der Waals surface area contributed by atoms with E-state index in [0.717, 1.165) is 21.9 Å². The second-order valence-corrected chi connectivity index (χ2v) is 7.94. The molecule has 1 aliphatic rings. The maximum atomic E-state index is 13.0. The summed E-state index contributed by atoms with van der Waals surface area (Å²) in [5.41, 5.74) is 2.43. The van der Waals surface area contributed by atoms with Gasteiger partial charge in [-0.25, -0.2) is 0 Å². The third kappa shape index (κ3) is 3.97. The van der Waals surface area contributed by atoms with E-state index in [1.54, 1.807) is 16.7 Å². The van der Waals surface area contributed by atoms with Gasteiger partial charge in [-0.3, -0.25) is 9.59 Å². The Morgan fingerprint density at radius 1 is 1.00 bits per heavy atom. The first-order valence-electron chi connectivity index (χ1n) is 10.5. The molecule has 5 rings (SSSR count). The molecule has 0 radical (unpaired) electrons. The van der Waals surface area contributed by atoms with Crippen molar-refractivity contribution in [1.29, 1.82) is 0 Å². The molecule has 0 unspecified atom stereocenters. The van der Waals surface area contributed by atoms with Gasteiger partial charge in [-0.15, -0.1) is 0 Å². The number of rotatable bonds is 4. The average Bonchev–Trinajstić information content (AvgIpc) is 3.26. The number of amides is 2. The molecule has 1 fully saturated rings. The molecular formula is C25H22N4O3. The molecule has 0 atom stereocenters. The van der Waals surface area contributed by atoms with Gasteiger partial charge in [-0.2, -0.15) is 4.98 Å². The molecule has 1 aromatic heterocycles. The van der Waals surface area contributed by atoms with E-state index in [4.69, 9.17) is 4.52 Å². The van der Waals surface area contributed by atoms with Crippen molar-refractivity contribution in [2.75, 3.05) is 19.6 Å². The second kappa shape index (κ2) is 8.26. The summed E-state index contributed by atoms with van der Waals surface area (Å²) in [6.07, 6.45) is 0. The average molecular weight is 426 g/mol. The highest BCUT2D eigenvalue weighted by Crippen LogP contribution is 2.20. The molecule has 0 saturated carbocycles. The van der Waals surface area contributed by atoms with Gasteiger partial charge in [-0.05, 0) is 34.5 Å². The summed E-state index contributed by atoms with van der Waals surface area (Å²) < 4.78 is 5.06. The van der Waals surface area contributed by atoms with E-state index in [0.29, 0.717) is 36.9 Å². The Labute approximate surface area is 185 Å². The molecule has 2 heterocycles. The highest BCUT2D eigenvalue weighted by molar-refractivity contribution is 6.00. The van der Waals surface area contributed by atoms with Crippen LogP contribution in [0.1, 0.15) is 21.8 Å². The van der Waals surface area contributed by atoms with Crippen molar-refractivity contribution in [1.82, 2.24) is 19.9 Å². The molecule has 0 bridgehead atoms. The van der Waals surface area contributed by atoms with E-state index in [9.17, 15) is 9.59 Å². The highest BCUT2D eigenvalue weighted by atomic mass is 16.5. The highest BCUT2D eigenvalue weighted by Gasteiger charge is 2.28. The first-order valence-corrected chi connectivity index (χ1v) is 10.5. The lowest BCUT2D eigenvalue weighted by atomic mass is 10.1. The molecule has 160 valence electrons. The Morgan fingerprint density at radius 2 is 1.84 bits per heavy atom. The fourth-order valence-electron chi connectivity index (χ4n) is 4.00. The van der Waals surface area contributed by atoms with E-state index < -0.39 is 0 Å². The van der Waals surface area contributed by atoms with Crippen LogP contribution in [-0.4, -0.2) is 51.4 Å². The van der Waals surface area contributed by atoms with Gasteiger partial charge in [0.1, 0.15) is 6.54 Å². The van der Waals surface area contributed by atoms with Crippen molar-refractivity contribution < 1.29 is 14.1 Å². The Kier molecular flexibility index (Phi) is 5.15. The summed E-state index contributed by atoms with van der Waals surface area (Å²) in [7, 11) is 0. The Hall–Kier alpha value is -4.00. The van der Waals surface area contributed by atoms with Crippen LogP contribution >= 0.6 is 0 Å². The predicted molar refractivity (Wildman–Crippen MR) is 120 cm³/mol. The van der Waals surface area contributed by atoms with Crippen molar-refractivity contribution in [3.63, 3.8) is 0 Å². The zero-order chi connectivity index (χ0) is 22.1. The topological polar surface area (TPSA) is 79.5 Å². The molecule has 0 spiro atoms. The molecule has 0 aliphatic carbocycles. The number of carbonyl (C=O) groups excluding carboxylic acids is 2. The number of nitrogens with zero attached hydrogens (tertiary/aromatic N) is 4. The largest absolute Gasteiger partial charge is 0.339 e.